The van der Waals surface area contributed by atoms with Gasteiger partial charge in [-0.05, 0) is 54.4 Å². The van der Waals surface area contributed by atoms with E-state index in [1.807, 2.05) is 6.07 Å². The van der Waals surface area contributed by atoms with Gasteiger partial charge in [-0.25, -0.2) is 0 Å². The largest absolute Gasteiger partial charge is 0.496 e. The predicted molar refractivity (Wildman–Crippen MR) is 63.1 cm³/mol. The lowest BCUT2D eigenvalue weighted by Crippen LogP contribution is -2.10. The summed E-state index contributed by atoms with van der Waals surface area (Å²) < 4.78 is 6.35. The van der Waals surface area contributed by atoms with Crippen LogP contribution in [0.25, 0.3) is 0 Å². The third-order valence-corrected chi connectivity index (χ3v) is 2.56. The number of rotatable bonds is 3. The van der Waals surface area contributed by atoms with E-state index in [0.717, 1.165) is 12.3 Å². The maximum Gasteiger partial charge on any atom is 0.132 e. The van der Waals surface area contributed by atoms with Gasteiger partial charge in [-0.15, -0.1) is 0 Å². The summed E-state index contributed by atoms with van der Waals surface area (Å²) in [4.78, 5) is 2.15. The highest BCUT2D eigenvalue weighted by Gasteiger charge is 2.01. The molecule has 0 aliphatic carbocycles. The second-order valence-corrected chi connectivity index (χ2v) is 4.37. The van der Waals surface area contributed by atoms with Gasteiger partial charge in [0.25, 0.3) is 0 Å². The monoisotopic (exact) mass is 291 g/mol. The second-order valence-electron chi connectivity index (χ2n) is 3.21. The maximum absolute atomic E-state index is 5.18. The molecule has 0 spiro atoms. The highest BCUT2D eigenvalue weighted by Crippen LogP contribution is 2.21. The Bertz CT molecular complexity index is 286. The average molecular weight is 291 g/mol. The van der Waals surface area contributed by atoms with E-state index in [4.69, 9.17) is 4.74 Å². The zero-order chi connectivity index (χ0) is 9.84. The van der Waals surface area contributed by atoms with Crippen molar-refractivity contribution in [2.75, 3.05) is 21.2 Å². The van der Waals surface area contributed by atoms with E-state index in [2.05, 4.69) is 53.7 Å². The predicted octanol–water partition coefficient (Wildman–Crippen LogP) is 2.36. The van der Waals surface area contributed by atoms with Crippen molar-refractivity contribution in [3.63, 3.8) is 0 Å². The highest BCUT2D eigenvalue weighted by molar-refractivity contribution is 14.1. The van der Waals surface area contributed by atoms with Gasteiger partial charge in [-0.2, -0.15) is 0 Å². The summed E-state index contributed by atoms with van der Waals surface area (Å²) in [7, 11) is 5.83. The molecule has 0 heterocycles. The molecule has 1 aromatic carbocycles. The summed E-state index contributed by atoms with van der Waals surface area (Å²) in [5.41, 5.74) is 1.32. The molecule has 0 radical (unpaired) electrons. The van der Waals surface area contributed by atoms with Crippen molar-refractivity contribution >= 4 is 22.6 Å². The van der Waals surface area contributed by atoms with E-state index >= 15 is 0 Å². The summed E-state index contributed by atoms with van der Waals surface area (Å²) in [5.74, 6) is 0.947. The number of ether oxygens (including phenoxy) is 1. The van der Waals surface area contributed by atoms with Crippen LogP contribution in [0.3, 0.4) is 0 Å². The lowest BCUT2D eigenvalue weighted by Gasteiger charge is -2.11. The van der Waals surface area contributed by atoms with E-state index in [1.165, 1.54) is 9.13 Å². The van der Waals surface area contributed by atoms with Crippen LogP contribution < -0.4 is 4.74 Å². The fraction of sp³-hybridized carbons (Fsp3) is 0.400. The van der Waals surface area contributed by atoms with Gasteiger partial charge in [0, 0.05) is 6.54 Å². The molecule has 0 aromatic heterocycles. The zero-order valence-electron chi connectivity index (χ0n) is 8.17. The molecule has 13 heavy (non-hydrogen) atoms. The molecule has 0 aliphatic heterocycles. The van der Waals surface area contributed by atoms with E-state index < -0.39 is 0 Å². The Kier molecular flexibility index (Phi) is 3.99. The number of hydrogen-bond donors (Lipinski definition) is 0. The number of halogens is 1. The molecular weight excluding hydrogens is 277 g/mol. The fourth-order valence-electron chi connectivity index (χ4n) is 1.17. The van der Waals surface area contributed by atoms with Crippen LogP contribution in [-0.2, 0) is 6.54 Å². The van der Waals surface area contributed by atoms with Crippen molar-refractivity contribution in [1.29, 1.82) is 0 Å². The van der Waals surface area contributed by atoms with Gasteiger partial charge >= 0.3 is 0 Å². The van der Waals surface area contributed by atoms with Crippen molar-refractivity contribution in [2.45, 2.75) is 6.54 Å². The normalized spacial score (nSPS) is 10.5. The highest BCUT2D eigenvalue weighted by atomic mass is 127. The molecule has 0 fully saturated rings. The Balaban J connectivity index is 2.83. The Morgan fingerprint density at radius 2 is 2.08 bits per heavy atom. The molecule has 1 aromatic rings. The van der Waals surface area contributed by atoms with E-state index in [1.54, 1.807) is 7.11 Å². The van der Waals surface area contributed by atoms with Crippen LogP contribution in [0.1, 0.15) is 5.56 Å². The van der Waals surface area contributed by atoms with Crippen LogP contribution in [0.4, 0.5) is 0 Å². The first-order valence-electron chi connectivity index (χ1n) is 4.10. The Labute approximate surface area is 93.0 Å². The minimum Gasteiger partial charge on any atom is -0.496 e. The standard InChI is InChI=1S/C10H14INO/c1-12(2)7-8-4-5-10(13-3)9(11)6-8/h4-6H,7H2,1-3H3. The second kappa shape index (κ2) is 4.81. The minimum absolute atomic E-state index is 0.947. The summed E-state index contributed by atoms with van der Waals surface area (Å²) in [6, 6.07) is 6.26. The molecule has 1 rings (SSSR count). The van der Waals surface area contributed by atoms with Gasteiger partial charge in [-0.3, -0.25) is 0 Å². The number of nitrogens with zero attached hydrogens (tertiary/aromatic N) is 1. The quantitative estimate of drug-likeness (QED) is 0.793. The fourth-order valence-corrected chi connectivity index (χ4v) is 1.97. The van der Waals surface area contributed by atoms with Crippen LogP contribution >= 0.6 is 22.6 Å². The number of hydrogen-bond acceptors (Lipinski definition) is 2. The summed E-state index contributed by atoms with van der Waals surface area (Å²) >= 11 is 2.29. The van der Waals surface area contributed by atoms with Gasteiger partial charge in [0.2, 0.25) is 0 Å². The molecule has 0 unspecified atom stereocenters. The minimum atomic E-state index is 0.947. The molecule has 0 saturated carbocycles. The summed E-state index contributed by atoms with van der Waals surface area (Å²) in [5, 5.41) is 0. The van der Waals surface area contributed by atoms with Gasteiger partial charge in [-0.1, -0.05) is 6.07 Å². The lowest BCUT2D eigenvalue weighted by molar-refractivity contribution is 0.398. The van der Waals surface area contributed by atoms with Gasteiger partial charge in [0.1, 0.15) is 5.75 Å². The van der Waals surface area contributed by atoms with Crippen molar-refractivity contribution < 1.29 is 4.74 Å². The number of methoxy groups -OCH3 is 1. The molecule has 3 heteroatoms. The molecule has 0 saturated heterocycles. The van der Waals surface area contributed by atoms with Crippen molar-refractivity contribution in [3.8, 4) is 5.75 Å². The Hall–Kier alpha value is -0.290. The maximum atomic E-state index is 5.18. The first-order valence-corrected chi connectivity index (χ1v) is 5.18. The topological polar surface area (TPSA) is 12.5 Å². The van der Waals surface area contributed by atoms with E-state index in [0.29, 0.717) is 0 Å². The van der Waals surface area contributed by atoms with Crippen molar-refractivity contribution in [2.24, 2.45) is 0 Å². The van der Waals surface area contributed by atoms with Crippen LogP contribution in [0.5, 0.6) is 5.75 Å². The molecular formula is C10H14INO. The molecule has 2 nitrogen and oxygen atoms in total. The van der Waals surface area contributed by atoms with Crippen molar-refractivity contribution in [1.82, 2.24) is 4.90 Å². The molecule has 0 bridgehead atoms. The first-order chi connectivity index (χ1) is 6.13. The SMILES string of the molecule is COc1ccc(CN(C)C)cc1I. The zero-order valence-corrected chi connectivity index (χ0v) is 10.3. The van der Waals surface area contributed by atoms with Crippen LogP contribution in [0.15, 0.2) is 18.2 Å². The van der Waals surface area contributed by atoms with Crippen molar-refractivity contribution in [3.05, 3.63) is 27.3 Å². The van der Waals surface area contributed by atoms with Gasteiger partial charge < -0.3 is 9.64 Å². The lowest BCUT2D eigenvalue weighted by atomic mass is 10.2. The smallest absolute Gasteiger partial charge is 0.132 e. The third kappa shape index (κ3) is 3.15. The molecule has 0 aliphatic rings. The average Bonchev–Trinajstić information content (AvgIpc) is 2.03. The molecule has 0 amide bonds. The summed E-state index contributed by atoms with van der Waals surface area (Å²) in [6.45, 7) is 0.972. The van der Waals surface area contributed by atoms with E-state index in [-0.39, 0.29) is 0 Å². The Morgan fingerprint density at radius 1 is 1.38 bits per heavy atom. The Morgan fingerprint density at radius 3 is 2.54 bits per heavy atom. The van der Waals surface area contributed by atoms with E-state index in [9.17, 15) is 0 Å². The third-order valence-electron chi connectivity index (χ3n) is 1.72. The van der Waals surface area contributed by atoms with Crippen LogP contribution in [-0.4, -0.2) is 26.1 Å². The van der Waals surface area contributed by atoms with Gasteiger partial charge in [0.15, 0.2) is 0 Å². The molecule has 72 valence electrons. The van der Waals surface area contributed by atoms with Gasteiger partial charge in [0.05, 0.1) is 10.7 Å². The molecule has 0 N–H and O–H groups in total. The first kappa shape index (κ1) is 10.8. The summed E-state index contributed by atoms with van der Waals surface area (Å²) in [6.07, 6.45) is 0. The molecule has 0 atom stereocenters. The van der Waals surface area contributed by atoms with Crippen LogP contribution in [0.2, 0.25) is 0 Å². The number of benzene rings is 1. The van der Waals surface area contributed by atoms with Crippen LogP contribution in [0, 0.1) is 3.57 Å².